The largest absolute Gasteiger partial charge is 0.481 e. The molecule has 0 fully saturated rings. The predicted octanol–water partition coefficient (Wildman–Crippen LogP) is 1.77. The number of carboxylic acids is 1. The van der Waals surface area contributed by atoms with Crippen molar-refractivity contribution in [2.45, 2.75) is 18.7 Å². The maximum Gasteiger partial charge on any atom is 0.314 e. The van der Waals surface area contributed by atoms with Crippen LogP contribution in [0.25, 0.3) is 0 Å². The Hall–Kier alpha value is -0.550. The van der Waals surface area contributed by atoms with Gasteiger partial charge in [-0.2, -0.15) is 5.48 Å². The van der Waals surface area contributed by atoms with E-state index in [1.165, 1.54) is 0 Å². The molecule has 5 heteroatoms. The van der Waals surface area contributed by atoms with Gasteiger partial charge < -0.3 is 9.94 Å². The molecule has 14 heavy (non-hydrogen) atoms. The topological polar surface area (TPSA) is 58.6 Å². The molecule has 4 nitrogen and oxygen atoms in total. The molecule has 0 saturated carbocycles. The van der Waals surface area contributed by atoms with Gasteiger partial charge in [-0.3, -0.25) is 4.79 Å². The summed E-state index contributed by atoms with van der Waals surface area (Å²) in [7, 11) is 1.56. The van der Waals surface area contributed by atoms with E-state index >= 15 is 0 Å². The van der Waals surface area contributed by atoms with Crippen molar-refractivity contribution in [1.82, 2.24) is 5.48 Å². The summed E-state index contributed by atoms with van der Waals surface area (Å²) in [6.45, 7) is 7.31. The molecule has 0 aromatic heterocycles. The van der Waals surface area contributed by atoms with Crippen molar-refractivity contribution in [2.24, 2.45) is 11.8 Å². The van der Waals surface area contributed by atoms with Crippen LogP contribution in [0.15, 0.2) is 12.3 Å². The highest BCUT2D eigenvalue weighted by Gasteiger charge is 2.31. The summed E-state index contributed by atoms with van der Waals surface area (Å²) in [6, 6.07) is 0. The first kappa shape index (κ1) is 13.4. The molecular weight excluding hydrogens is 250 g/mol. The number of hydroxylamine groups is 1. The van der Waals surface area contributed by atoms with E-state index in [1.54, 1.807) is 7.05 Å². The van der Waals surface area contributed by atoms with E-state index in [-0.39, 0.29) is 16.5 Å². The van der Waals surface area contributed by atoms with Crippen LogP contribution in [0.5, 0.6) is 0 Å². The van der Waals surface area contributed by atoms with Crippen LogP contribution in [0.3, 0.4) is 0 Å². The normalized spacial score (nSPS) is 16.9. The van der Waals surface area contributed by atoms with Crippen molar-refractivity contribution >= 4 is 21.9 Å². The smallest absolute Gasteiger partial charge is 0.314 e. The van der Waals surface area contributed by atoms with E-state index in [2.05, 4.69) is 28.0 Å². The van der Waals surface area contributed by atoms with E-state index in [0.717, 1.165) is 0 Å². The molecule has 0 saturated heterocycles. The number of hydrogen-bond acceptors (Lipinski definition) is 3. The van der Waals surface area contributed by atoms with Crippen LogP contribution in [-0.4, -0.2) is 23.0 Å². The Kier molecular flexibility index (Phi) is 5.79. The van der Waals surface area contributed by atoms with Crippen molar-refractivity contribution in [3.05, 3.63) is 12.3 Å². The molecule has 0 heterocycles. The number of alkyl halides is 1. The lowest BCUT2D eigenvalue weighted by Gasteiger charge is -2.23. The average molecular weight is 266 g/mol. The first-order valence-electron chi connectivity index (χ1n) is 4.31. The fourth-order valence-electron chi connectivity index (χ4n) is 1.12. The zero-order valence-electron chi connectivity index (χ0n) is 8.58. The number of carboxylic acid groups (broad SMARTS) is 1. The lowest BCUT2D eigenvalue weighted by Crippen LogP contribution is -2.30. The second-order valence-corrected chi connectivity index (χ2v) is 4.57. The van der Waals surface area contributed by atoms with Crippen LogP contribution in [0.1, 0.15) is 13.8 Å². The van der Waals surface area contributed by atoms with Gasteiger partial charge in [-0.05, 0) is 5.92 Å². The number of aliphatic carboxylic acids is 1. The summed E-state index contributed by atoms with van der Waals surface area (Å²) < 4.78 is 0. The molecule has 0 amide bonds. The van der Waals surface area contributed by atoms with Crippen molar-refractivity contribution in [3.63, 3.8) is 0 Å². The van der Waals surface area contributed by atoms with Gasteiger partial charge >= 0.3 is 5.97 Å². The number of hydrogen-bond donors (Lipinski definition) is 2. The summed E-state index contributed by atoms with van der Waals surface area (Å²) in [5.41, 5.74) is 2.42. The molecule has 0 bridgehead atoms. The molecule has 2 N–H and O–H groups in total. The monoisotopic (exact) mass is 265 g/mol. The molecule has 0 spiro atoms. The molecule has 0 aromatic carbocycles. The van der Waals surface area contributed by atoms with Gasteiger partial charge in [0.15, 0.2) is 0 Å². The Morgan fingerprint density at radius 3 is 2.36 bits per heavy atom. The second-order valence-electron chi connectivity index (χ2n) is 3.13. The van der Waals surface area contributed by atoms with Gasteiger partial charge in [0.05, 0.1) is 0 Å². The van der Waals surface area contributed by atoms with Crippen LogP contribution < -0.4 is 5.48 Å². The number of rotatable bonds is 6. The van der Waals surface area contributed by atoms with E-state index in [9.17, 15) is 4.79 Å². The molecule has 0 aliphatic rings. The van der Waals surface area contributed by atoms with Gasteiger partial charge in [0.1, 0.15) is 11.7 Å². The molecule has 82 valence electrons. The summed E-state index contributed by atoms with van der Waals surface area (Å²) in [6.07, 6.45) is 0. The van der Waals surface area contributed by atoms with Crippen molar-refractivity contribution in [1.29, 1.82) is 0 Å². The Morgan fingerprint density at radius 2 is 2.07 bits per heavy atom. The van der Waals surface area contributed by atoms with Gasteiger partial charge in [-0.15, -0.1) is 0 Å². The standard InChI is InChI=1S/C9H16BrNO3/c1-5(6(2)10)8(9(12)13)7(3)14-11-4/h5-6,8,11H,3H2,1-2,4H3,(H,12,13)/t5-,6-,8?/m0/s1. The van der Waals surface area contributed by atoms with Crippen LogP contribution >= 0.6 is 15.9 Å². The van der Waals surface area contributed by atoms with Crippen LogP contribution in [0.2, 0.25) is 0 Å². The van der Waals surface area contributed by atoms with Crippen molar-refractivity contribution in [2.75, 3.05) is 7.05 Å². The Labute approximate surface area is 92.4 Å². The summed E-state index contributed by atoms with van der Waals surface area (Å²) >= 11 is 3.35. The molecule has 1 unspecified atom stereocenters. The molecule has 0 aromatic rings. The van der Waals surface area contributed by atoms with Gasteiger partial charge in [-0.1, -0.05) is 36.4 Å². The summed E-state index contributed by atoms with van der Waals surface area (Å²) in [5, 5.41) is 9.00. The maximum atomic E-state index is 11.0. The first-order valence-corrected chi connectivity index (χ1v) is 5.22. The van der Waals surface area contributed by atoms with E-state index in [0.29, 0.717) is 0 Å². The Morgan fingerprint density at radius 1 is 1.57 bits per heavy atom. The predicted molar refractivity (Wildman–Crippen MR) is 58.0 cm³/mol. The molecule has 0 rings (SSSR count). The molecule has 0 aliphatic carbocycles. The summed E-state index contributed by atoms with van der Waals surface area (Å²) in [4.78, 5) is 15.9. The minimum atomic E-state index is -0.927. The number of carbonyl (C=O) groups is 1. The molecule has 0 radical (unpaired) electrons. The third kappa shape index (κ3) is 3.67. The average Bonchev–Trinajstić information content (AvgIpc) is 2.03. The highest BCUT2D eigenvalue weighted by Crippen LogP contribution is 2.26. The fourth-order valence-corrected chi connectivity index (χ4v) is 1.42. The quantitative estimate of drug-likeness (QED) is 0.437. The minimum Gasteiger partial charge on any atom is -0.481 e. The minimum absolute atomic E-state index is 0.0841. The van der Waals surface area contributed by atoms with Gasteiger partial charge in [0, 0.05) is 11.9 Å². The Balaban J connectivity index is 4.59. The third-order valence-corrected chi connectivity index (χ3v) is 2.93. The SMILES string of the molecule is C=C(ONC)C(C(=O)O)[C@@H](C)[C@H](C)Br. The summed E-state index contributed by atoms with van der Waals surface area (Å²) in [5.74, 6) is -1.51. The molecule has 3 atom stereocenters. The first-order chi connectivity index (χ1) is 6.41. The number of nitrogens with one attached hydrogen (secondary N) is 1. The fraction of sp³-hybridized carbons (Fsp3) is 0.667. The van der Waals surface area contributed by atoms with Gasteiger partial charge in [0.2, 0.25) is 0 Å². The number of halogens is 1. The van der Waals surface area contributed by atoms with Crippen molar-refractivity contribution in [3.8, 4) is 0 Å². The zero-order chi connectivity index (χ0) is 11.3. The van der Waals surface area contributed by atoms with Gasteiger partial charge in [0.25, 0.3) is 0 Å². The van der Waals surface area contributed by atoms with Crippen LogP contribution in [-0.2, 0) is 9.63 Å². The zero-order valence-corrected chi connectivity index (χ0v) is 10.2. The highest BCUT2D eigenvalue weighted by atomic mass is 79.9. The lowest BCUT2D eigenvalue weighted by molar-refractivity contribution is -0.143. The van der Waals surface area contributed by atoms with Gasteiger partial charge in [-0.25, -0.2) is 0 Å². The van der Waals surface area contributed by atoms with E-state index in [4.69, 9.17) is 9.94 Å². The highest BCUT2D eigenvalue weighted by molar-refractivity contribution is 9.09. The molecular formula is C9H16BrNO3. The van der Waals surface area contributed by atoms with Crippen molar-refractivity contribution < 1.29 is 14.7 Å². The van der Waals surface area contributed by atoms with E-state index < -0.39 is 11.9 Å². The second kappa shape index (κ2) is 6.03. The Bertz CT molecular complexity index is 218. The van der Waals surface area contributed by atoms with Crippen LogP contribution in [0.4, 0.5) is 0 Å². The third-order valence-electron chi connectivity index (χ3n) is 2.10. The van der Waals surface area contributed by atoms with Crippen LogP contribution in [0, 0.1) is 11.8 Å². The maximum absolute atomic E-state index is 11.0. The van der Waals surface area contributed by atoms with E-state index in [1.807, 2.05) is 13.8 Å². The molecule has 0 aliphatic heterocycles. The lowest BCUT2D eigenvalue weighted by atomic mass is 9.90.